The lowest BCUT2D eigenvalue weighted by molar-refractivity contribution is -0.131. The quantitative estimate of drug-likeness (QED) is 0.663. The number of hydrogen-bond acceptors (Lipinski definition) is 3. The fraction of sp³-hybridized carbons (Fsp3) is 0.875. The van der Waals surface area contributed by atoms with Gasteiger partial charge in [-0.25, -0.2) is 0 Å². The Bertz CT molecular complexity index is 193. The molecule has 68 valence electrons. The number of carbonyl (C=O) groups excluding carboxylic acids is 1. The zero-order valence-corrected chi connectivity index (χ0v) is 7.85. The molecule has 1 saturated carbocycles. The highest BCUT2D eigenvalue weighted by Gasteiger charge is 2.38. The van der Waals surface area contributed by atoms with E-state index in [1.165, 1.54) is 12.8 Å². The summed E-state index contributed by atoms with van der Waals surface area (Å²) in [5, 5.41) is 0. The molecular weight excluding hydrogens is 172 g/mol. The van der Waals surface area contributed by atoms with Gasteiger partial charge in [0.05, 0.1) is 11.8 Å². The lowest BCUT2D eigenvalue weighted by atomic mass is 10.2. The molecule has 0 aromatic heterocycles. The average Bonchev–Trinajstić information content (AvgIpc) is 2.87. The van der Waals surface area contributed by atoms with Crippen LogP contribution in [0.5, 0.6) is 0 Å². The second-order valence-electron chi connectivity index (χ2n) is 3.44. The minimum atomic E-state index is 0.296. The van der Waals surface area contributed by atoms with Crippen LogP contribution in [0.3, 0.4) is 0 Å². The number of amides is 1. The molecule has 0 aromatic carbocycles. The molecule has 1 aliphatic heterocycles. The van der Waals surface area contributed by atoms with Gasteiger partial charge >= 0.3 is 0 Å². The Hall–Kier alpha value is -0.220. The molecule has 2 N–H and O–H groups in total. The van der Waals surface area contributed by atoms with Crippen LogP contribution in [-0.4, -0.2) is 40.9 Å². The van der Waals surface area contributed by atoms with Crippen molar-refractivity contribution < 1.29 is 4.79 Å². The normalized spacial score (nSPS) is 30.9. The molecule has 2 fully saturated rings. The van der Waals surface area contributed by atoms with Crippen molar-refractivity contribution in [1.29, 1.82) is 0 Å². The van der Waals surface area contributed by atoms with Gasteiger partial charge in [0.15, 0.2) is 0 Å². The van der Waals surface area contributed by atoms with Crippen LogP contribution in [0.15, 0.2) is 0 Å². The molecule has 1 aliphatic carbocycles. The van der Waals surface area contributed by atoms with Crippen molar-refractivity contribution in [3.63, 3.8) is 0 Å². The largest absolute Gasteiger partial charge is 0.334 e. The maximum atomic E-state index is 11.5. The summed E-state index contributed by atoms with van der Waals surface area (Å²) in [5.41, 5.74) is 5.61. The van der Waals surface area contributed by atoms with Crippen molar-refractivity contribution in [1.82, 2.24) is 4.90 Å². The lowest BCUT2D eigenvalue weighted by Gasteiger charge is -2.34. The van der Waals surface area contributed by atoms with Crippen LogP contribution in [0.2, 0.25) is 0 Å². The summed E-state index contributed by atoms with van der Waals surface area (Å²) in [4.78, 5) is 13.5. The van der Waals surface area contributed by atoms with Crippen LogP contribution < -0.4 is 5.73 Å². The first-order chi connectivity index (χ1) is 5.83. The van der Waals surface area contributed by atoms with E-state index in [4.69, 9.17) is 5.73 Å². The molecular formula is C8H14N2OS. The average molecular weight is 186 g/mol. The summed E-state index contributed by atoms with van der Waals surface area (Å²) in [7, 11) is 0. The maximum absolute atomic E-state index is 11.5. The Morgan fingerprint density at radius 1 is 1.58 bits per heavy atom. The summed E-state index contributed by atoms with van der Waals surface area (Å²) in [6, 6.07) is 0.843. The fourth-order valence-electron chi connectivity index (χ4n) is 1.68. The summed E-state index contributed by atoms with van der Waals surface area (Å²) < 4.78 is 0. The number of hydrogen-bond donors (Lipinski definition) is 1. The van der Waals surface area contributed by atoms with E-state index in [1.807, 2.05) is 4.90 Å². The van der Waals surface area contributed by atoms with Crippen molar-refractivity contribution in [2.75, 3.05) is 18.1 Å². The zero-order valence-electron chi connectivity index (χ0n) is 7.03. The SMILES string of the molecule is NCC1CSCC(=O)N1C1CC1. The first kappa shape index (κ1) is 8.38. The summed E-state index contributed by atoms with van der Waals surface area (Å²) in [6.45, 7) is 0.620. The van der Waals surface area contributed by atoms with Gasteiger partial charge in [-0.3, -0.25) is 4.79 Å². The van der Waals surface area contributed by atoms with Crippen LogP contribution in [0, 0.1) is 0 Å². The molecule has 4 heteroatoms. The molecule has 0 radical (unpaired) electrons. The van der Waals surface area contributed by atoms with E-state index in [0.717, 1.165) is 5.75 Å². The van der Waals surface area contributed by atoms with Crippen LogP contribution >= 0.6 is 11.8 Å². The molecule has 1 amide bonds. The van der Waals surface area contributed by atoms with Crippen molar-refractivity contribution >= 4 is 17.7 Å². The third-order valence-electron chi connectivity index (χ3n) is 2.43. The third kappa shape index (κ3) is 1.45. The van der Waals surface area contributed by atoms with E-state index in [-0.39, 0.29) is 0 Å². The Balaban J connectivity index is 2.05. The smallest absolute Gasteiger partial charge is 0.233 e. The van der Waals surface area contributed by atoms with Crippen molar-refractivity contribution in [3.8, 4) is 0 Å². The highest BCUT2D eigenvalue weighted by Crippen LogP contribution is 2.32. The predicted molar refractivity (Wildman–Crippen MR) is 50.0 cm³/mol. The third-order valence-corrected chi connectivity index (χ3v) is 3.50. The van der Waals surface area contributed by atoms with Crippen LogP contribution in [0.25, 0.3) is 0 Å². The molecule has 0 spiro atoms. The molecule has 2 rings (SSSR count). The Kier molecular flexibility index (Phi) is 2.28. The summed E-state index contributed by atoms with van der Waals surface area (Å²) in [6.07, 6.45) is 2.37. The molecule has 1 saturated heterocycles. The van der Waals surface area contributed by atoms with Crippen molar-refractivity contribution in [3.05, 3.63) is 0 Å². The Morgan fingerprint density at radius 3 is 2.92 bits per heavy atom. The molecule has 12 heavy (non-hydrogen) atoms. The molecule has 1 heterocycles. The molecule has 3 nitrogen and oxygen atoms in total. The maximum Gasteiger partial charge on any atom is 0.233 e. The van der Waals surface area contributed by atoms with Gasteiger partial charge in [0, 0.05) is 18.3 Å². The zero-order chi connectivity index (χ0) is 8.55. The molecule has 1 atom stereocenters. The Morgan fingerprint density at radius 2 is 2.33 bits per heavy atom. The molecule has 0 aromatic rings. The van der Waals surface area contributed by atoms with Gasteiger partial charge in [-0.15, -0.1) is 11.8 Å². The van der Waals surface area contributed by atoms with Crippen LogP contribution in [-0.2, 0) is 4.79 Å². The molecule has 0 bridgehead atoms. The number of nitrogens with zero attached hydrogens (tertiary/aromatic N) is 1. The standard InChI is InChI=1S/C8H14N2OS/c9-3-7-4-12-5-8(11)10(7)6-1-2-6/h6-7H,1-5,9H2. The van der Waals surface area contributed by atoms with Gasteiger partial charge in [-0.2, -0.15) is 0 Å². The molecule has 2 aliphatic rings. The first-order valence-electron chi connectivity index (χ1n) is 4.42. The number of nitrogens with two attached hydrogens (primary N) is 1. The van der Waals surface area contributed by atoms with Gasteiger partial charge in [0.1, 0.15) is 0 Å². The Labute approximate surface area is 76.7 Å². The van der Waals surface area contributed by atoms with Gasteiger partial charge in [-0.1, -0.05) is 0 Å². The van der Waals surface area contributed by atoms with E-state index in [2.05, 4.69) is 0 Å². The fourth-order valence-corrected chi connectivity index (χ4v) is 2.69. The second-order valence-corrected chi connectivity index (χ2v) is 4.47. The van der Waals surface area contributed by atoms with E-state index in [1.54, 1.807) is 11.8 Å². The highest BCUT2D eigenvalue weighted by molar-refractivity contribution is 8.00. The minimum absolute atomic E-state index is 0.296. The van der Waals surface area contributed by atoms with E-state index < -0.39 is 0 Å². The van der Waals surface area contributed by atoms with Crippen LogP contribution in [0.1, 0.15) is 12.8 Å². The van der Waals surface area contributed by atoms with Crippen LogP contribution in [0.4, 0.5) is 0 Å². The van der Waals surface area contributed by atoms with Crippen molar-refractivity contribution in [2.24, 2.45) is 5.73 Å². The minimum Gasteiger partial charge on any atom is -0.334 e. The monoisotopic (exact) mass is 186 g/mol. The van der Waals surface area contributed by atoms with E-state index >= 15 is 0 Å². The van der Waals surface area contributed by atoms with Gasteiger partial charge < -0.3 is 10.6 Å². The van der Waals surface area contributed by atoms with Gasteiger partial charge in [-0.05, 0) is 12.8 Å². The van der Waals surface area contributed by atoms with E-state index in [9.17, 15) is 4.79 Å². The molecule has 1 unspecified atom stereocenters. The second kappa shape index (κ2) is 3.26. The predicted octanol–water partition coefficient (Wildman–Crippen LogP) is 0.0515. The number of thioether (sulfide) groups is 1. The summed E-state index contributed by atoms with van der Waals surface area (Å²) in [5.74, 6) is 1.98. The number of rotatable bonds is 2. The number of carbonyl (C=O) groups is 1. The summed E-state index contributed by atoms with van der Waals surface area (Å²) >= 11 is 1.71. The van der Waals surface area contributed by atoms with E-state index in [0.29, 0.717) is 30.3 Å². The van der Waals surface area contributed by atoms with Gasteiger partial charge in [0.2, 0.25) is 5.91 Å². The topological polar surface area (TPSA) is 46.3 Å². The van der Waals surface area contributed by atoms with Gasteiger partial charge in [0.25, 0.3) is 0 Å². The van der Waals surface area contributed by atoms with Crippen molar-refractivity contribution in [2.45, 2.75) is 24.9 Å². The first-order valence-corrected chi connectivity index (χ1v) is 5.57. The highest BCUT2D eigenvalue weighted by atomic mass is 32.2. The lowest BCUT2D eigenvalue weighted by Crippen LogP contribution is -2.51.